The molecule has 1 atom stereocenters. The van der Waals surface area contributed by atoms with Gasteiger partial charge in [0.1, 0.15) is 0 Å². The van der Waals surface area contributed by atoms with Gasteiger partial charge in [-0.1, -0.05) is 133 Å². The van der Waals surface area contributed by atoms with E-state index in [2.05, 4.69) is 29.8 Å². The number of hydrogen-bond acceptors (Lipinski definition) is 0. The first kappa shape index (κ1) is 22.5. The van der Waals surface area contributed by atoms with Crippen molar-refractivity contribution in [1.82, 2.24) is 0 Å². The summed E-state index contributed by atoms with van der Waals surface area (Å²) in [5, 5.41) is 1.19. The highest BCUT2D eigenvalue weighted by atomic mass is 79.9. The standard InChI is InChI=1S/C21H43Br/c1-3-5-7-9-10-14-18-21(17-13-8-6-4-2)19-15-11-12-16-20-22/h21H,3-20H2,1-2H3. The Labute approximate surface area is 150 Å². The first-order valence-corrected chi connectivity index (χ1v) is 11.5. The molecule has 0 aliphatic rings. The third-order valence-electron chi connectivity index (χ3n) is 4.93. The molecule has 0 amide bonds. The van der Waals surface area contributed by atoms with Crippen LogP contribution in [0.4, 0.5) is 0 Å². The van der Waals surface area contributed by atoms with E-state index >= 15 is 0 Å². The average molecular weight is 375 g/mol. The third-order valence-corrected chi connectivity index (χ3v) is 5.49. The fourth-order valence-electron chi connectivity index (χ4n) is 3.39. The van der Waals surface area contributed by atoms with Gasteiger partial charge in [0.05, 0.1) is 0 Å². The van der Waals surface area contributed by atoms with Gasteiger partial charge in [-0.25, -0.2) is 0 Å². The normalized spacial score (nSPS) is 12.7. The Bertz CT molecular complexity index is 190. The zero-order valence-electron chi connectivity index (χ0n) is 15.7. The summed E-state index contributed by atoms with van der Waals surface area (Å²) in [5.41, 5.74) is 0. The molecular weight excluding hydrogens is 332 g/mol. The summed E-state index contributed by atoms with van der Waals surface area (Å²) in [6, 6.07) is 0. The van der Waals surface area contributed by atoms with Gasteiger partial charge < -0.3 is 0 Å². The summed E-state index contributed by atoms with van der Waals surface area (Å²) in [6.45, 7) is 4.62. The van der Waals surface area contributed by atoms with E-state index in [0.717, 1.165) is 5.92 Å². The molecule has 0 nitrogen and oxygen atoms in total. The van der Waals surface area contributed by atoms with Crippen LogP contribution < -0.4 is 0 Å². The average Bonchev–Trinajstić information content (AvgIpc) is 2.53. The van der Waals surface area contributed by atoms with Crippen molar-refractivity contribution in [2.24, 2.45) is 5.92 Å². The van der Waals surface area contributed by atoms with Gasteiger partial charge in [0.25, 0.3) is 0 Å². The van der Waals surface area contributed by atoms with Crippen molar-refractivity contribution in [3.63, 3.8) is 0 Å². The highest BCUT2D eigenvalue weighted by molar-refractivity contribution is 9.09. The summed E-state index contributed by atoms with van der Waals surface area (Å²) >= 11 is 3.54. The molecule has 0 heterocycles. The van der Waals surface area contributed by atoms with Gasteiger partial charge in [-0.05, 0) is 12.3 Å². The molecule has 22 heavy (non-hydrogen) atoms. The second kappa shape index (κ2) is 19.5. The largest absolute Gasteiger partial charge is 0.0928 e. The molecule has 0 saturated heterocycles. The van der Waals surface area contributed by atoms with Crippen LogP contribution in [0, 0.1) is 5.92 Å². The molecular formula is C21H43Br. The molecule has 0 aromatic rings. The summed E-state index contributed by atoms with van der Waals surface area (Å²) in [6.07, 6.45) is 24.7. The Morgan fingerprint density at radius 2 is 0.864 bits per heavy atom. The summed E-state index contributed by atoms with van der Waals surface area (Å²) in [5.74, 6) is 1.03. The van der Waals surface area contributed by atoms with Crippen molar-refractivity contribution in [2.45, 2.75) is 123 Å². The predicted octanol–water partition coefficient (Wildman–Crippen LogP) is 8.67. The van der Waals surface area contributed by atoms with E-state index in [1.54, 1.807) is 0 Å². The van der Waals surface area contributed by atoms with E-state index in [1.807, 2.05) is 0 Å². The SMILES string of the molecule is CCCCCCCCC(CCCCCC)CCCCCCBr. The van der Waals surface area contributed by atoms with Gasteiger partial charge in [0.15, 0.2) is 0 Å². The summed E-state index contributed by atoms with van der Waals surface area (Å²) in [7, 11) is 0. The summed E-state index contributed by atoms with van der Waals surface area (Å²) in [4.78, 5) is 0. The molecule has 0 spiro atoms. The van der Waals surface area contributed by atoms with Gasteiger partial charge in [-0.15, -0.1) is 0 Å². The maximum absolute atomic E-state index is 3.54. The van der Waals surface area contributed by atoms with E-state index < -0.39 is 0 Å². The molecule has 0 N–H and O–H groups in total. The van der Waals surface area contributed by atoms with Crippen LogP contribution in [0.15, 0.2) is 0 Å². The lowest BCUT2D eigenvalue weighted by atomic mass is 9.89. The van der Waals surface area contributed by atoms with Gasteiger partial charge in [-0.3, -0.25) is 0 Å². The van der Waals surface area contributed by atoms with E-state index in [4.69, 9.17) is 0 Å². The minimum Gasteiger partial charge on any atom is -0.0928 e. The number of halogens is 1. The monoisotopic (exact) mass is 374 g/mol. The maximum Gasteiger partial charge on any atom is 0.00313 e. The fraction of sp³-hybridized carbons (Fsp3) is 1.00. The van der Waals surface area contributed by atoms with E-state index in [9.17, 15) is 0 Å². The number of unbranched alkanes of at least 4 members (excludes halogenated alkanes) is 11. The minimum absolute atomic E-state index is 1.03. The quantitative estimate of drug-likeness (QED) is 0.166. The Kier molecular flexibility index (Phi) is 20.0. The fourth-order valence-corrected chi connectivity index (χ4v) is 3.78. The molecule has 0 bridgehead atoms. The van der Waals surface area contributed by atoms with Crippen molar-refractivity contribution in [1.29, 1.82) is 0 Å². The van der Waals surface area contributed by atoms with Gasteiger partial charge >= 0.3 is 0 Å². The van der Waals surface area contributed by atoms with Crippen molar-refractivity contribution >= 4 is 15.9 Å². The first-order valence-electron chi connectivity index (χ1n) is 10.4. The molecule has 134 valence electrons. The molecule has 0 fully saturated rings. The zero-order valence-corrected chi connectivity index (χ0v) is 17.3. The highest BCUT2D eigenvalue weighted by Crippen LogP contribution is 2.24. The molecule has 0 aliphatic heterocycles. The van der Waals surface area contributed by atoms with Crippen molar-refractivity contribution in [3.05, 3.63) is 0 Å². The van der Waals surface area contributed by atoms with Crippen LogP contribution in [0.25, 0.3) is 0 Å². The van der Waals surface area contributed by atoms with E-state index in [1.165, 1.54) is 114 Å². The minimum atomic E-state index is 1.03. The molecule has 0 saturated carbocycles. The molecule has 1 unspecified atom stereocenters. The zero-order chi connectivity index (χ0) is 16.3. The Morgan fingerprint density at radius 3 is 1.32 bits per heavy atom. The summed E-state index contributed by atoms with van der Waals surface area (Å²) < 4.78 is 0. The second-order valence-electron chi connectivity index (χ2n) is 7.16. The predicted molar refractivity (Wildman–Crippen MR) is 107 cm³/mol. The Balaban J connectivity index is 3.69. The van der Waals surface area contributed by atoms with Crippen LogP contribution in [-0.4, -0.2) is 5.33 Å². The Hall–Kier alpha value is 0.480. The van der Waals surface area contributed by atoms with Crippen molar-refractivity contribution < 1.29 is 0 Å². The molecule has 1 heteroatoms. The van der Waals surface area contributed by atoms with Crippen LogP contribution in [0.5, 0.6) is 0 Å². The van der Waals surface area contributed by atoms with Crippen molar-refractivity contribution in [2.75, 3.05) is 5.33 Å². The van der Waals surface area contributed by atoms with Gasteiger partial charge in [0.2, 0.25) is 0 Å². The molecule has 0 aliphatic carbocycles. The van der Waals surface area contributed by atoms with Crippen LogP contribution in [0.1, 0.15) is 123 Å². The Morgan fingerprint density at radius 1 is 0.500 bits per heavy atom. The molecule has 0 rings (SSSR count). The molecule has 0 aromatic heterocycles. The number of rotatable bonds is 18. The van der Waals surface area contributed by atoms with Crippen LogP contribution in [0.3, 0.4) is 0 Å². The van der Waals surface area contributed by atoms with Gasteiger partial charge in [-0.2, -0.15) is 0 Å². The number of hydrogen-bond donors (Lipinski definition) is 0. The lowest BCUT2D eigenvalue weighted by Crippen LogP contribution is -2.01. The highest BCUT2D eigenvalue weighted by Gasteiger charge is 2.08. The maximum atomic E-state index is 3.54. The first-order chi connectivity index (χ1) is 10.8. The molecule has 0 radical (unpaired) electrons. The van der Waals surface area contributed by atoms with Crippen LogP contribution in [0.2, 0.25) is 0 Å². The van der Waals surface area contributed by atoms with Crippen LogP contribution in [-0.2, 0) is 0 Å². The van der Waals surface area contributed by atoms with Crippen LogP contribution >= 0.6 is 15.9 Å². The van der Waals surface area contributed by atoms with Gasteiger partial charge in [0, 0.05) is 5.33 Å². The van der Waals surface area contributed by atoms with E-state index in [0.29, 0.717) is 0 Å². The lowest BCUT2D eigenvalue weighted by Gasteiger charge is -2.17. The van der Waals surface area contributed by atoms with E-state index in [-0.39, 0.29) is 0 Å². The lowest BCUT2D eigenvalue weighted by molar-refractivity contribution is 0.367. The topological polar surface area (TPSA) is 0 Å². The second-order valence-corrected chi connectivity index (χ2v) is 7.96. The third kappa shape index (κ3) is 16.8. The van der Waals surface area contributed by atoms with Crippen molar-refractivity contribution in [3.8, 4) is 0 Å². The smallest absolute Gasteiger partial charge is 0.00313 e. The number of alkyl halides is 1. The molecule has 0 aromatic carbocycles.